The summed E-state index contributed by atoms with van der Waals surface area (Å²) in [6, 6.07) is 1.71. The molecule has 6 nitrogen and oxygen atoms in total. The fourth-order valence-corrected chi connectivity index (χ4v) is 1.16. The molecule has 6 heteroatoms. The minimum atomic E-state index is 0.479. The highest BCUT2D eigenvalue weighted by atomic mass is 16.5. The molecule has 0 aliphatic rings. The molecule has 96 valence electrons. The molecule has 0 radical (unpaired) electrons. The molecule has 1 rings (SSSR count). The Hall–Kier alpha value is -1.40. The molecular weight excluding hydrogens is 222 g/mol. The van der Waals surface area contributed by atoms with Crippen LogP contribution in [0.25, 0.3) is 0 Å². The summed E-state index contributed by atoms with van der Waals surface area (Å²) in [7, 11) is 3.44. The fourth-order valence-electron chi connectivity index (χ4n) is 1.16. The van der Waals surface area contributed by atoms with E-state index in [0.717, 1.165) is 13.0 Å². The van der Waals surface area contributed by atoms with Gasteiger partial charge in [0, 0.05) is 39.6 Å². The Kier molecular flexibility index (Phi) is 7.01. The second kappa shape index (κ2) is 8.72. The van der Waals surface area contributed by atoms with Crippen molar-refractivity contribution in [2.75, 3.05) is 45.9 Å². The zero-order chi connectivity index (χ0) is 12.3. The van der Waals surface area contributed by atoms with Crippen molar-refractivity contribution < 1.29 is 14.2 Å². The third kappa shape index (κ3) is 6.03. The molecule has 0 aliphatic heterocycles. The van der Waals surface area contributed by atoms with Gasteiger partial charge in [-0.3, -0.25) is 0 Å². The van der Waals surface area contributed by atoms with Gasteiger partial charge in [-0.1, -0.05) is 0 Å². The lowest BCUT2D eigenvalue weighted by atomic mass is 10.5. The van der Waals surface area contributed by atoms with E-state index < -0.39 is 0 Å². The maximum atomic E-state index is 5.41. The number of nitrogens with zero attached hydrogens (tertiary/aromatic N) is 2. The zero-order valence-corrected chi connectivity index (χ0v) is 10.3. The van der Waals surface area contributed by atoms with Crippen LogP contribution in [0.1, 0.15) is 6.42 Å². The number of hydrogen-bond acceptors (Lipinski definition) is 6. The molecule has 1 N–H and O–H groups in total. The van der Waals surface area contributed by atoms with Crippen LogP contribution in [0.4, 0.5) is 5.95 Å². The number of aromatic nitrogens is 2. The van der Waals surface area contributed by atoms with Gasteiger partial charge in [-0.25, -0.2) is 4.98 Å². The van der Waals surface area contributed by atoms with E-state index >= 15 is 0 Å². The summed E-state index contributed by atoms with van der Waals surface area (Å²) >= 11 is 0. The van der Waals surface area contributed by atoms with E-state index in [1.165, 1.54) is 0 Å². The normalized spacial score (nSPS) is 10.2. The Bertz CT molecular complexity index is 310. The van der Waals surface area contributed by atoms with Crippen LogP contribution >= 0.6 is 0 Å². The molecule has 1 heterocycles. The predicted molar refractivity (Wildman–Crippen MR) is 64.4 cm³/mol. The lowest BCUT2D eigenvalue weighted by molar-refractivity contribution is 0.0795. The molecule has 0 atom stereocenters. The molecule has 0 unspecified atom stereocenters. The van der Waals surface area contributed by atoms with Crippen LogP contribution in [0.5, 0.6) is 5.88 Å². The number of methoxy groups -OCH3 is 1. The van der Waals surface area contributed by atoms with Crippen molar-refractivity contribution in [1.29, 1.82) is 0 Å². The second-order valence-corrected chi connectivity index (χ2v) is 3.28. The zero-order valence-electron chi connectivity index (χ0n) is 10.3. The highest BCUT2D eigenvalue weighted by molar-refractivity contribution is 5.25. The SMILES string of the molecule is CNc1nccc(OCCOCCCOC)n1. The van der Waals surface area contributed by atoms with E-state index in [4.69, 9.17) is 14.2 Å². The molecule has 17 heavy (non-hydrogen) atoms. The van der Waals surface area contributed by atoms with Crippen molar-refractivity contribution in [3.8, 4) is 5.88 Å². The van der Waals surface area contributed by atoms with Gasteiger partial charge >= 0.3 is 0 Å². The predicted octanol–water partition coefficient (Wildman–Crippen LogP) is 0.950. The smallest absolute Gasteiger partial charge is 0.225 e. The van der Waals surface area contributed by atoms with Gasteiger partial charge in [0.2, 0.25) is 11.8 Å². The van der Waals surface area contributed by atoms with E-state index in [-0.39, 0.29) is 0 Å². The van der Waals surface area contributed by atoms with Gasteiger partial charge in [0.05, 0.1) is 6.61 Å². The third-order valence-electron chi connectivity index (χ3n) is 1.97. The monoisotopic (exact) mass is 241 g/mol. The lowest BCUT2D eigenvalue weighted by Gasteiger charge is -2.07. The Morgan fingerprint density at radius 3 is 2.88 bits per heavy atom. The minimum Gasteiger partial charge on any atom is -0.475 e. The summed E-state index contributed by atoms with van der Waals surface area (Å²) in [6.45, 7) is 2.43. The summed E-state index contributed by atoms with van der Waals surface area (Å²) in [4.78, 5) is 8.11. The van der Waals surface area contributed by atoms with Crippen molar-refractivity contribution in [1.82, 2.24) is 9.97 Å². The van der Waals surface area contributed by atoms with Crippen LogP contribution in [0.2, 0.25) is 0 Å². The number of rotatable bonds is 9. The maximum absolute atomic E-state index is 5.41. The summed E-state index contributed by atoms with van der Waals surface area (Å²) in [5.41, 5.74) is 0. The van der Waals surface area contributed by atoms with Crippen molar-refractivity contribution in [2.24, 2.45) is 0 Å². The summed E-state index contributed by atoms with van der Waals surface area (Å²) < 4.78 is 15.7. The number of anilines is 1. The van der Waals surface area contributed by atoms with Crippen molar-refractivity contribution in [3.05, 3.63) is 12.3 Å². The lowest BCUT2D eigenvalue weighted by Crippen LogP contribution is -2.09. The first-order valence-electron chi connectivity index (χ1n) is 5.57. The third-order valence-corrected chi connectivity index (χ3v) is 1.97. The van der Waals surface area contributed by atoms with Gasteiger partial charge in [-0.05, 0) is 6.42 Å². The quantitative estimate of drug-likeness (QED) is 0.649. The van der Waals surface area contributed by atoms with Crippen LogP contribution in [0.15, 0.2) is 12.3 Å². The molecular formula is C11H19N3O3. The topological polar surface area (TPSA) is 65.5 Å². The van der Waals surface area contributed by atoms with Gasteiger partial charge < -0.3 is 19.5 Å². The van der Waals surface area contributed by atoms with Crippen LogP contribution in [0, 0.1) is 0 Å². The highest BCUT2D eigenvalue weighted by Gasteiger charge is 1.97. The number of ether oxygens (including phenoxy) is 3. The Morgan fingerprint density at radius 2 is 2.12 bits per heavy atom. The molecule has 0 amide bonds. The van der Waals surface area contributed by atoms with Crippen molar-refractivity contribution in [3.63, 3.8) is 0 Å². The molecule has 1 aromatic heterocycles. The van der Waals surface area contributed by atoms with Crippen molar-refractivity contribution in [2.45, 2.75) is 6.42 Å². The van der Waals surface area contributed by atoms with Gasteiger partial charge in [0.1, 0.15) is 6.61 Å². The first kappa shape index (κ1) is 13.7. The van der Waals surface area contributed by atoms with E-state index in [1.807, 2.05) is 0 Å². The fraction of sp³-hybridized carbons (Fsp3) is 0.636. The van der Waals surface area contributed by atoms with Crippen LogP contribution in [-0.4, -0.2) is 50.6 Å². The molecule has 0 aromatic carbocycles. The van der Waals surface area contributed by atoms with Gasteiger partial charge in [0.15, 0.2) is 0 Å². The van der Waals surface area contributed by atoms with Gasteiger partial charge in [0.25, 0.3) is 0 Å². The largest absolute Gasteiger partial charge is 0.475 e. The molecule has 0 aliphatic carbocycles. The van der Waals surface area contributed by atoms with Crippen molar-refractivity contribution >= 4 is 5.95 Å². The molecule has 1 aromatic rings. The average Bonchev–Trinajstić information content (AvgIpc) is 2.38. The van der Waals surface area contributed by atoms with Crippen LogP contribution < -0.4 is 10.1 Å². The first-order valence-corrected chi connectivity index (χ1v) is 5.57. The van der Waals surface area contributed by atoms with Crippen LogP contribution in [-0.2, 0) is 9.47 Å². The molecule has 0 saturated carbocycles. The number of hydrogen-bond donors (Lipinski definition) is 1. The minimum absolute atomic E-state index is 0.479. The summed E-state index contributed by atoms with van der Waals surface area (Å²) in [5, 5.41) is 2.84. The highest BCUT2D eigenvalue weighted by Crippen LogP contribution is 2.07. The molecule has 0 saturated heterocycles. The first-order chi connectivity index (χ1) is 8.36. The maximum Gasteiger partial charge on any atom is 0.225 e. The average molecular weight is 241 g/mol. The molecule has 0 fully saturated rings. The Labute approximate surface area is 101 Å². The number of nitrogens with one attached hydrogen (secondary N) is 1. The Morgan fingerprint density at radius 1 is 1.24 bits per heavy atom. The summed E-state index contributed by atoms with van der Waals surface area (Å²) in [5.74, 6) is 1.09. The van der Waals surface area contributed by atoms with E-state index in [1.54, 1.807) is 26.4 Å². The summed E-state index contributed by atoms with van der Waals surface area (Å²) in [6.07, 6.45) is 2.54. The van der Waals surface area contributed by atoms with E-state index in [9.17, 15) is 0 Å². The molecule has 0 spiro atoms. The van der Waals surface area contributed by atoms with Gasteiger partial charge in [-0.2, -0.15) is 4.98 Å². The van der Waals surface area contributed by atoms with Gasteiger partial charge in [-0.15, -0.1) is 0 Å². The van der Waals surface area contributed by atoms with E-state index in [0.29, 0.717) is 31.6 Å². The van der Waals surface area contributed by atoms with E-state index in [2.05, 4.69) is 15.3 Å². The Balaban J connectivity index is 2.09. The van der Waals surface area contributed by atoms with Crippen LogP contribution in [0.3, 0.4) is 0 Å². The standard InChI is InChI=1S/C11H19N3O3/c1-12-11-13-5-4-10(14-11)17-9-8-16-7-3-6-15-2/h4-5H,3,6-9H2,1-2H3,(H,12,13,14). The molecule has 0 bridgehead atoms. The second-order valence-electron chi connectivity index (χ2n) is 3.28.